The zero-order chi connectivity index (χ0) is 14.6. The first-order chi connectivity index (χ1) is 8.76. The van der Waals surface area contributed by atoms with E-state index < -0.39 is 11.5 Å². The fourth-order valence-corrected chi connectivity index (χ4v) is 1.65. The number of aryl methyl sites for hydroxylation is 1. The quantitative estimate of drug-likeness (QED) is 0.811. The molecule has 6 nitrogen and oxygen atoms in total. The molecule has 0 unspecified atom stereocenters. The van der Waals surface area contributed by atoms with Crippen LogP contribution in [0.1, 0.15) is 25.8 Å². The van der Waals surface area contributed by atoms with Gasteiger partial charge in [-0.25, -0.2) is 0 Å². The fourth-order valence-electron chi connectivity index (χ4n) is 1.65. The third-order valence-corrected chi connectivity index (χ3v) is 2.92. The van der Waals surface area contributed by atoms with Gasteiger partial charge < -0.3 is 15.0 Å². The zero-order valence-electron chi connectivity index (χ0n) is 11.3. The Kier molecular flexibility index (Phi) is 4.47. The van der Waals surface area contributed by atoms with Gasteiger partial charge in [-0.1, -0.05) is 6.07 Å². The monoisotopic (exact) mass is 266 g/mol. The average Bonchev–Trinajstić information content (AvgIpc) is 2.31. The second-order valence-corrected chi connectivity index (χ2v) is 4.83. The van der Waals surface area contributed by atoms with Crippen LogP contribution in [-0.2, 0) is 15.1 Å². The van der Waals surface area contributed by atoms with Crippen LogP contribution in [-0.4, -0.2) is 28.1 Å². The number of aromatic nitrogens is 1. The van der Waals surface area contributed by atoms with Gasteiger partial charge in [0.15, 0.2) is 0 Å². The number of carboxylic acid groups (broad SMARTS) is 1. The van der Waals surface area contributed by atoms with E-state index in [1.807, 2.05) is 0 Å². The Morgan fingerprint density at radius 1 is 1.42 bits per heavy atom. The lowest BCUT2D eigenvalue weighted by atomic mass is 10.0. The first kappa shape index (κ1) is 14.9. The van der Waals surface area contributed by atoms with Gasteiger partial charge in [0.25, 0.3) is 5.56 Å². The van der Waals surface area contributed by atoms with Crippen LogP contribution in [0.3, 0.4) is 0 Å². The van der Waals surface area contributed by atoms with Crippen LogP contribution in [0.2, 0.25) is 0 Å². The molecule has 0 spiro atoms. The summed E-state index contributed by atoms with van der Waals surface area (Å²) in [5.74, 6) is -1.37. The summed E-state index contributed by atoms with van der Waals surface area (Å²) in [6, 6.07) is 3.38. The maximum Gasteiger partial charge on any atom is 0.305 e. The summed E-state index contributed by atoms with van der Waals surface area (Å²) >= 11 is 0. The van der Waals surface area contributed by atoms with Gasteiger partial charge in [-0.2, -0.15) is 0 Å². The number of carbonyl (C=O) groups is 2. The molecule has 0 fully saturated rings. The predicted octanol–water partition coefficient (Wildman–Crippen LogP) is 0.483. The van der Waals surface area contributed by atoms with Gasteiger partial charge in [0, 0.05) is 18.3 Å². The predicted molar refractivity (Wildman–Crippen MR) is 70.0 cm³/mol. The highest BCUT2D eigenvalue weighted by Crippen LogP contribution is 2.12. The highest BCUT2D eigenvalue weighted by atomic mass is 16.4. The van der Waals surface area contributed by atoms with Gasteiger partial charge in [-0.05, 0) is 26.8 Å². The molecule has 0 saturated carbocycles. The number of hydrogen-bond acceptors (Lipinski definition) is 3. The maximum atomic E-state index is 12.0. The molecule has 0 saturated heterocycles. The molecule has 104 valence electrons. The number of hydrogen-bond donors (Lipinski definition) is 2. The van der Waals surface area contributed by atoms with Gasteiger partial charge in [0.2, 0.25) is 5.91 Å². The number of pyridine rings is 1. The van der Waals surface area contributed by atoms with Gasteiger partial charge in [0.1, 0.15) is 5.54 Å². The highest BCUT2D eigenvalue weighted by molar-refractivity contribution is 5.84. The number of nitrogens with zero attached hydrogens (tertiary/aromatic N) is 1. The SMILES string of the molecule is Cc1cccn(C(C)(C)C(=O)NCCC(=O)O)c1=O. The zero-order valence-corrected chi connectivity index (χ0v) is 11.3. The van der Waals surface area contributed by atoms with E-state index >= 15 is 0 Å². The van der Waals surface area contributed by atoms with Crippen LogP contribution >= 0.6 is 0 Å². The van der Waals surface area contributed by atoms with Crippen molar-refractivity contribution in [2.75, 3.05) is 6.54 Å². The van der Waals surface area contributed by atoms with Crippen LogP contribution in [0.25, 0.3) is 0 Å². The third-order valence-electron chi connectivity index (χ3n) is 2.92. The first-order valence-corrected chi connectivity index (χ1v) is 5.95. The summed E-state index contributed by atoms with van der Waals surface area (Å²) in [5, 5.41) is 11.0. The van der Waals surface area contributed by atoms with E-state index in [0.717, 1.165) is 0 Å². The molecule has 1 amide bonds. The summed E-state index contributed by atoms with van der Waals surface area (Å²) in [5.41, 5.74) is -0.753. The Hall–Kier alpha value is -2.11. The number of amides is 1. The topological polar surface area (TPSA) is 88.4 Å². The van der Waals surface area contributed by atoms with Crippen molar-refractivity contribution in [1.82, 2.24) is 9.88 Å². The number of carboxylic acids is 1. The Morgan fingerprint density at radius 2 is 2.05 bits per heavy atom. The van der Waals surface area contributed by atoms with Crippen molar-refractivity contribution in [3.05, 3.63) is 34.2 Å². The maximum absolute atomic E-state index is 12.0. The van der Waals surface area contributed by atoms with Crippen LogP contribution in [0.15, 0.2) is 23.1 Å². The molecule has 1 rings (SSSR count). The summed E-state index contributed by atoms with van der Waals surface area (Å²) in [7, 11) is 0. The molecule has 19 heavy (non-hydrogen) atoms. The minimum absolute atomic E-state index is 0.0398. The van der Waals surface area contributed by atoms with E-state index in [0.29, 0.717) is 5.56 Å². The van der Waals surface area contributed by atoms with Crippen LogP contribution in [0.4, 0.5) is 0 Å². The highest BCUT2D eigenvalue weighted by Gasteiger charge is 2.30. The minimum Gasteiger partial charge on any atom is -0.481 e. The Morgan fingerprint density at radius 3 is 2.63 bits per heavy atom. The number of rotatable bonds is 5. The lowest BCUT2D eigenvalue weighted by molar-refractivity contribution is -0.137. The summed E-state index contributed by atoms with van der Waals surface area (Å²) in [4.78, 5) is 34.4. The van der Waals surface area contributed by atoms with E-state index in [9.17, 15) is 14.4 Å². The molecular formula is C13H18N2O4. The van der Waals surface area contributed by atoms with E-state index in [4.69, 9.17) is 5.11 Å². The van der Waals surface area contributed by atoms with E-state index in [1.54, 1.807) is 39.1 Å². The second-order valence-electron chi connectivity index (χ2n) is 4.83. The van der Waals surface area contributed by atoms with E-state index in [1.165, 1.54) is 4.57 Å². The Bertz CT molecular complexity index is 546. The van der Waals surface area contributed by atoms with Crippen molar-refractivity contribution in [3.8, 4) is 0 Å². The largest absolute Gasteiger partial charge is 0.481 e. The molecule has 0 radical (unpaired) electrons. The second kappa shape index (κ2) is 5.69. The molecule has 0 aromatic carbocycles. The van der Waals surface area contributed by atoms with Gasteiger partial charge in [0.05, 0.1) is 6.42 Å². The van der Waals surface area contributed by atoms with Crippen molar-refractivity contribution in [1.29, 1.82) is 0 Å². The number of aliphatic carboxylic acids is 1. The molecule has 1 heterocycles. The molecule has 1 aromatic rings. The molecule has 0 aliphatic heterocycles. The van der Waals surface area contributed by atoms with Crippen molar-refractivity contribution in [2.24, 2.45) is 0 Å². The van der Waals surface area contributed by atoms with Gasteiger partial charge in [-0.3, -0.25) is 14.4 Å². The lowest BCUT2D eigenvalue weighted by Crippen LogP contribution is -2.49. The molecule has 2 N–H and O–H groups in total. The average molecular weight is 266 g/mol. The van der Waals surface area contributed by atoms with Crippen LogP contribution in [0, 0.1) is 6.92 Å². The number of nitrogens with one attached hydrogen (secondary N) is 1. The first-order valence-electron chi connectivity index (χ1n) is 5.95. The van der Waals surface area contributed by atoms with E-state index in [-0.39, 0.29) is 24.4 Å². The van der Waals surface area contributed by atoms with Crippen molar-refractivity contribution < 1.29 is 14.7 Å². The van der Waals surface area contributed by atoms with E-state index in [2.05, 4.69) is 5.32 Å². The summed E-state index contributed by atoms with van der Waals surface area (Å²) < 4.78 is 1.35. The molecule has 0 atom stereocenters. The normalized spacial score (nSPS) is 11.1. The standard InChI is InChI=1S/C13H18N2O4/c1-9-5-4-8-15(11(9)18)13(2,3)12(19)14-7-6-10(16)17/h4-5,8H,6-7H2,1-3H3,(H,14,19)(H,16,17). The van der Waals surface area contributed by atoms with Crippen molar-refractivity contribution >= 4 is 11.9 Å². The Balaban J connectivity index is 2.90. The molecule has 0 aliphatic rings. The lowest BCUT2D eigenvalue weighted by Gasteiger charge is -2.26. The molecule has 1 aromatic heterocycles. The van der Waals surface area contributed by atoms with Crippen molar-refractivity contribution in [3.63, 3.8) is 0 Å². The smallest absolute Gasteiger partial charge is 0.305 e. The Labute approximate surface area is 111 Å². The summed E-state index contributed by atoms with van der Waals surface area (Å²) in [6.45, 7) is 4.95. The molecular weight excluding hydrogens is 248 g/mol. The van der Waals surface area contributed by atoms with Crippen molar-refractivity contribution in [2.45, 2.75) is 32.7 Å². The van der Waals surface area contributed by atoms with Crippen LogP contribution < -0.4 is 10.9 Å². The fraction of sp³-hybridized carbons (Fsp3) is 0.462. The number of carbonyl (C=O) groups excluding carboxylic acids is 1. The third kappa shape index (κ3) is 3.43. The van der Waals surface area contributed by atoms with Gasteiger partial charge in [-0.15, -0.1) is 0 Å². The minimum atomic E-state index is -1.07. The molecule has 0 aliphatic carbocycles. The molecule has 0 bridgehead atoms. The summed E-state index contributed by atoms with van der Waals surface area (Å²) in [6.07, 6.45) is 1.40. The van der Waals surface area contributed by atoms with Crippen LogP contribution in [0.5, 0.6) is 0 Å². The van der Waals surface area contributed by atoms with Gasteiger partial charge >= 0.3 is 5.97 Å². The molecule has 6 heteroatoms.